The van der Waals surface area contributed by atoms with Crippen molar-refractivity contribution in [2.45, 2.75) is 40.7 Å². The Labute approximate surface area is 83.9 Å². The SMILES string of the molecule is CCN(CC)C[C@@H](C)N(CC)CC. The highest BCUT2D eigenvalue weighted by molar-refractivity contribution is 4.68. The molecule has 0 heterocycles. The van der Waals surface area contributed by atoms with Crippen LogP contribution < -0.4 is 0 Å². The zero-order chi connectivity index (χ0) is 10.3. The van der Waals surface area contributed by atoms with Gasteiger partial charge >= 0.3 is 0 Å². The molecule has 0 aliphatic carbocycles. The van der Waals surface area contributed by atoms with E-state index < -0.39 is 0 Å². The first kappa shape index (κ1) is 12.9. The van der Waals surface area contributed by atoms with E-state index in [2.05, 4.69) is 44.4 Å². The van der Waals surface area contributed by atoms with Gasteiger partial charge in [-0.05, 0) is 33.1 Å². The Kier molecular flexibility index (Phi) is 7.29. The summed E-state index contributed by atoms with van der Waals surface area (Å²) in [5, 5.41) is 0. The Bertz CT molecular complexity index is 107. The van der Waals surface area contributed by atoms with Crippen LogP contribution in [-0.4, -0.2) is 48.6 Å². The molecule has 13 heavy (non-hydrogen) atoms. The first-order valence-corrected chi connectivity index (χ1v) is 5.65. The lowest BCUT2D eigenvalue weighted by atomic mass is 10.2. The molecule has 0 fully saturated rings. The number of likely N-dealkylation sites (N-methyl/N-ethyl adjacent to an activating group) is 2. The van der Waals surface area contributed by atoms with Crippen molar-refractivity contribution in [3.63, 3.8) is 0 Å². The monoisotopic (exact) mass is 186 g/mol. The molecule has 0 bridgehead atoms. The van der Waals surface area contributed by atoms with Crippen molar-refractivity contribution in [1.29, 1.82) is 0 Å². The molecule has 0 amide bonds. The van der Waals surface area contributed by atoms with Crippen LogP contribution in [0.4, 0.5) is 0 Å². The first-order chi connectivity index (χ1) is 6.19. The van der Waals surface area contributed by atoms with Crippen LogP contribution in [0.5, 0.6) is 0 Å². The van der Waals surface area contributed by atoms with Crippen molar-refractivity contribution in [3.8, 4) is 0 Å². The highest BCUT2D eigenvalue weighted by Crippen LogP contribution is 2.01. The van der Waals surface area contributed by atoms with Gasteiger partial charge in [-0.3, -0.25) is 4.90 Å². The Morgan fingerprint density at radius 3 is 1.62 bits per heavy atom. The van der Waals surface area contributed by atoms with Crippen LogP contribution in [0.1, 0.15) is 34.6 Å². The lowest BCUT2D eigenvalue weighted by molar-refractivity contribution is 0.167. The Hall–Kier alpha value is -0.0800. The summed E-state index contributed by atoms with van der Waals surface area (Å²) in [5.41, 5.74) is 0. The quantitative estimate of drug-likeness (QED) is 0.600. The topological polar surface area (TPSA) is 6.48 Å². The average Bonchev–Trinajstić information content (AvgIpc) is 2.16. The molecule has 0 aromatic carbocycles. The second kappa shape index (κ2) is 7.34. The number of rotatable bonds is 7. The van der Waals surface area contributed by atoms with E-state index in [1.807, 2.05) is 0 Å². The molecule has 0 spiro atoms. The van der Waals surface area contributed by atoms with E-state index in [4.69, 9.17) is 0 Å². The van der Waals surface area contributed by atoms with Crippen molar-refractivity contribution >= 4 is 0 Å². The molecule has 2 nitrogen and oxygen atoms in total. The van der Waals surface area contributed by atoms with Gasteiger partial charge in [-0.1, -0.05) is 27.7 Å². The highest BCUT2D eigenvalue weighted by Gasteiger charge is 2.12. The van der Waals surface area contributed by atoms with Gasteiger partial charge in [0.2, 0.25) is 0 Å². The second-order valence-electron chi connectivity index (χ2n) is 3.56. The third-order valence-electron chi connectivity index (χ3n) is 2.85. The fourth-order valence-corrected chi connectivity index (χ4v) is 1.82. The van der Waals surface area contributed by atoms with E-state index in [-0.39, 0.29) is 0 Å². The number of hydrogen-bond donors (Lipinski definition) is 0. The van der Waals surface area contributed by atoms with Gasteiger partial charge in [-0.25, -0.2) is 0 Å². The molecule has 80 valence electrons. The van der Waals surface area contributed by atoms with Gasteiger partial charge in [0.25, 0.3) is 0 Å². The molecule has 0 aliphatic rings. The number of nitrogens with zero attached hydrogens (tertiary/aromatic N) is 2. The van der Waals surface area contributed by atoms with Crippen molar-refractivity contribution in [3.05, 3.63) is 0 Å². The molecule has 2 heteroatoms. The summed E-state index contributed by atoms with van der Waals surface area (Å²) >= 11 is 0. The molecule has 0 saturated carbocycles. The zero-order valence-electron chi connectivity index (χ0n) is 10.0. The van der Waals surface area contributed by atoms with E-state index >= 15 is 0 Å². The average molecular weight is 186 g/mol. The molecule has 0 rings (SSSR count). The molecule has 0 radical (unpaired) electrons. The predicted molar refractivity (Wildman–Crippen MR) is 60.2 cm³/mol. The van der Waals surface area contributed by atoms with Gasteiger partial charge in [0, 0.05) is 12.6 Å². The van der Waals surface area contributed by atoms with Crippen LogP contribution in [0.15, 0.2) is 0 Å². The lowest BCUT2D eigenvalue weighted by Gasteiger charge is -2.30. The minimum Gasteiger partial charge on any atom is -0.302 e. The molecular weight excluding hydrogens is 160 g/mol. The summed E-state index contributed by atoms with van der Waals surface area (Å²) in [4.78, 5) is 5.00. The minimum atomic E-state index is 0.690. The van der Waals surface area contributed by atoms with Crippen molar-refractivity contribution in [2.75, 3.05) is 32.7 Å². The van der Waals surface area contributed by atoms with Gasteiger partial charge in [-0.2, -0.15) is 0 Å². The maximum atomic E-state index is 2.51. The van der Waals surface area contributed by atoms with E-state index in [1.165, 1.54) is 32.7 Å². The first-order valence-electron chi connectivity index (χ1n) is 5.65. The van der Waals surface area contributed by atoms with E-state index in [1.54, 1.807) is 0 Å². The molecule has 0 aromatic rings. The predicted octanol–water partition coefficient (Wildman–Crippen LogP) is 2.06. The normalized spacial score (nSPS) is 14.1. The summed E-state index contributed by atoms with van der Waals surface area (Å²) in [6.45, 7) is 17.1. The highest BCUT2D eigenvalue weighted by atomic mass is 15.2. The van der Waals surface area contributed by atoms with Crippen LogP contribution in [0, 0.1) is 0 Å². The van der Waals surface area contributed by atoms with Gasteiger partial charge in [0.1, 0.15) is 0 Å². The van der Waals surface area contributed by atoms with Gasteiger partial charge < -0.3 is 4.90 Å². The van der Waals surface area contributed by atoms with Crippen LogP contribution in [0.3, 0.4) is 0 Å². The minimum absolute atomic E-state index is 0.690. The summed E-state index contributed by atoms with van der Waals surface area (Å²) in [7, 11) is 0. The summed E-state index contributed by atoms with van der Waals surface area (Å²) in [6.07, 6.45) is 0. The van der Waals surface area contributed by atoms with Crippen molar-refractivity contribution in [2.24, 2.45) is 0 Å². The van der Waals surface area contributed by atoms with Gasteiger partial charge in [-0.15, -0.1) is 0 Å². The molecule has 0 aromatic heterocycles. The second-order valence-corrected chi connectivity index (χ2v) is 3.56. The number of hydrogen-bond acceptors (Lipinski definition) is 2. The van der Waals surface area contributed by atoms with E-state index in [0.29, 0.717) is 6.04 Å². The molecule has 0 saturated heterocycles. The molecule has 1 atom stereocenters. The van der Waals surface area contributed by atoms with Crippen LogP contribution in [0.25, 0.3) is 0 Å². The maximum Gasteiger partial charge on any atom is 0.0194 e. The Balaban J connectivity index is 3.87. The van der Waals surface area contributed by atoms with E-state index in [9.17, 15) is 0 Å². The fourth-order valence-electron chi connectivity index (χ4n) is 1.82. The van der Waals surface area contributed by atoms with Crippen LogP contribution in [-0.2, 0) is 0 Å². The summed E-state index contributed by atoms with van der Waals surface area (Å²) < 4.78 is 0. The standard InChI is InChI=1S/C11H26N2/c1-6-12(7-2)10-11(5)13(8-3)9-4/h11H,6-10H2,1-5H3/t11-/m1/s1. The summed E-state index contributed by atoms with van der Waals surface area (Å²) in [5.74, 6) is 0. The lowest BCUT2D eigenvalue weighted by Crippen LogP contribution is -2.42. The fraction of sp³-hybridized carbons (Fsp3) is 1.00. The molecular formula is C11H26N2. The van der Waals surface area contributed by atoms with Crippen LogP contribution in [0.2, 0.25) is 0 Å². The zero-order valence-corrected chi connectivity index (χ0v) is 10.0. The third kappa shape index (κ3) is 4.63. The molecule has 0 unspecified atom stereocenters. The van der Waals surface area contributed by atoms with Gasteiger partial charge in [0.15, 0.2) is 0 Å². The third-order valence-corrected chi connectivity index (χ3v) is 2.85. The Morgan fingerprint density at radius 1 is 0.846 bits per heavy atom. The summed E-state index contributed by atoms with van der Waals surface area (Å²) in [6, 6.07) is 0.690. The van der Waals surface area contributed by atoms with Crippen LogP contribution >= 0.6 is 0 Å². The maximum absolute atomic E-state index is 2.51. The largest absolute Gasteiger partial charge is 0.302 e. The molecule has 0 N–H and O–H groups in total. The van der Waals surface area contributed by atoms with E-state index in [0.717, 1.165) is 0 Å². The molecule has 0 aliphatic heterocycles. The van der Waals surface area contributed by atoms with Crippen molar-refractivity contribution < 1.29 is 0 Å². The van der Waals surface area contributed by atoms with Gasteiger partial charge in [0.05, 0.1) is 0 Å². The smallest absolute Gasteiger partial charge is 0.0194 e. The van der Waals surface area contributed by atoms with Crippen molar-refractivity contribution in [1.82, 2.24) is 9.80 Å². The Morgan fingerprint density at radius 2 is 1.31 bits per heavy atom.